The number of carbonyl (C=O) groups excluding carboxylic acids is 1. The second kappa shape index (κ2) is 6.83. The topological polar surface area (TPSA) is 54.0 Å². The van der Waals surface area contributed by atoms with Crippen LogP contribution in [0.5, 0.6) is 0 Å². The highest BCUT2D eigenvalue weighted by atomic mass is 32.1. The van der Waals surface area contributed by atoms with Crippen LogP contribution in [0.1, 0.15) is 29.5 Å². The van der Waals surface area contributed by atoms with E-state index in [0.717, 1.165) is 36.5 Å². The zero-order valence-corrected chi connectivity index (χ0v) is 12.6. The first-order chi connectivity index (χ1) is 10.3. The van der Waals surface area contributed by atoms with Crippen molar-refractivity contribution in [3.63, 3.8) is 0 Å². The minimum atomic E-state index is -0.152. The number of hydrogen-bond donors (Lipinski definition) is 2. The van der Waals surface area contributed by atoms with Crippen molar-refractivity contribution in [2.45, 2.75) is 18.9 Å². The van der Waals surface area contributed by atoms with Gasteiger partial charge in [-0.05, 0) is 24.9 Å². The van der Waals surface area contributed by atoms with Crippen molar-refractivity contribution in [2.24, 2.45) is 5.92 Å². The van der Waals surface area contributed by atoms with Crippen LogP contribution in [0, 0.1) is 5.92 Å². The van der Waals surface area contributed by atoms with Gasteiger partial charge in [0.1, 0.15) is 11.0 Å². The van der Waals surface area contributed by atoms with Gasteiger partial charge in [-0.3, -0.25) is 4.79 Å². The van der Waals surface area contributed by atoms with Crippen LogP contribution < -0.4 is 10.6 Å². The molecule has 110 valence electrons. The maximum absolute atomic E-state index is 12.5. The summed E-state index contributed by atoms with van der Waals surface area (Å²) in [5.41, 5.74) is 1.07. The van der Waals surface area contributed by atoms with E-state index in [9.17, 15) is 4.79 Å². The van der Waals surface area contributed by atoms with Gasteiger partial charge in [-0.25, -0.2) is 4.98 Å². The lowest BCUT2D eigenvalue weighted by Gasteiger charge is -2.25. The first-order valence-corrected chi connectivity index (χ1v) is 8.18. The number of hydrogen-bond acceptors (Lipinski definition) is 4. The normalized spacial score (nSPS) is 19.9. The summed E-state index contributed by atoms with van der Waals surface area (Å²) in [6, 6.07) is 9.88. The average Bonchev–Trinajstić information content (AvgIpc) is 3.08. The van der Waals surface area contributed by atoms with Crippen molar-refractivity contribution in [1.29, 1.82) is 0 Å². The molecule has 1 aliphatic heterocycles. The van der Waals surface area contributed by atoms with E-state index in [1.807, 2.05) is 35.7 Å². The summed E-state index contributed by atoms with van der Waals surface area (Å²) in [6.45, 7) is 1.78. The number of aromatic nitrogens is 1. The SMILES string of the molecule is O=C(NC(c1ccccc1)c1nccs1)C1CCCNC1. The molecule has 1 amide bonds. The van der Waals surface area contributed by atoms with Crippen LogP contribution in [0.3, 0.4) is 0 Å². The van der Waals surface area contributed by atoms with Gasteiger partial charge in [0.2, 0.25) is 5.91 Å². The predicted molar refractivity (Wildman–Crippen MR) is 84.1 cm³/mol. The summed E-state index contributed by atoms with van der Waals surface area (Å²) in [4.78, 5) is 16.9. The minimum absolute atomic E-state index is 0.0601. The van der Waals surface area contributed by atoms with Gasteiger partial charge in [0.25, 0.3) is 0 Å². The van der Waals surface area contributed by atoms with Crippen molar-refractivity contribution in [3.8, 4) is 0 Å². The van der Waals surface area contributed by atoms with E-state index in [1.54, 1.807) is 17.5 Å². The first kappa shape index (κ1) is 14.2. The molecule has 1 saturated heterocycles. The predicted octanol–water partition coefficient (Wildman–Crippen LogP) is 2.35. The van der Waals surface area contributed by atoms with Crippen LogP contribution in [0.4, 0.5) is 0 Å². The van der Waals surface area contributed by atoms with E-state index in [1.165, 1.54) is 0 Å². The lowest BCUT2D eigenvalue weighted by molar-refractivity contribution is -0.126. The summed E-state index contributed by atoms with van der Waals surface area (Å²) >= 11 is 1.57. The number of thiazole rings is 1. The first-order valence-electron chi connectivity index (χ1n) is 7.30. The standard InChI is InChI=1S/C16H19N3OS/c20-15(13-7-4-8-17-11-13)19-14(16-18-9-10-21-16)12-5-2-1-3-6-12/h1-3,5-6,9-10,13-14,17H,4,7-8,11H2,(H,19,20). The molecule has 0 bridgehead atoms. The molecule has 1 aromatic heterocycles. The Hall–Kier alpha value is -1.72. The molecule has 2 heterocycles. The molecule has 3 rings (SSSR count). The second-order valence-electron chi connectivity index (χ2n) is 5.27. The van der Waals surface area contributed by atoms with Gasteiger partial charge in [0.05, 0.1) is 5.92 Å². The molecule has 0 spiro atoms. The molecular formula is C16H19N3OS. The number of carbonyl (C=O) groups is 1. The molecular weight excluding hydrogens is 282 g/mol. The Labute approximate surface area is 128 Å². The molecule has 0 radical (unpaired) electrons. The third kappa shape index (κ3) is 3.49. The third-order valence-electron chi connectivity index (χ3n) is 3.79. The number of piperidine rings is 1. The molecule has 1 fully saturated rings. The lowest BCUT2D eigenvalue weighted by atomic mass is 9.97. The van der Waals surface area contributed by atoms with E-state index >= 15 is 0 Å². The highest BCUT2D eigenvalue weighted by Gasteiger charge is 2.25. The van der Waals surface area contributed by atoms with Crippen LogP contribution in [0.2, 0.25) is 0 Å². The number of nitrogens with one attached hydrogen (secondary N) is 2. The molecule has 1 aliphatic rings. The number of nitrogens with zero attached hydrogens (tertiary/aromatic N) is 1. The molecule has 5 heteroatoms. The van der Waals surface area contributed by atoms with Gasteiger partial charge in [0, 0.05) is 18.1 Å². The Kier molecular flexibility index (Phi) is 4.62. The Morgan fingerprint density at radius 3 is 2.90 bits per heavy atom. The van der Waals surface area contributed by atoms with Crippen LogP contribution >= 0.6 is 11.3 Å². The third-order valence-corrected chi connectivity index (χ3v) is 4.63. The summed E-state index contributed by atoms with van der Waals surface area (Å²) < 4.78 is 0. The van der Waals surface area contributed by atoms with Crippen LogP contribution in [0.15, 0.2) is 41.9 Å². The van der Waals surface area contributed by atoms with Crippen molar-refractivity contribution in [2.75, 3.05) is 13.1 Å². The second-order valence-corrected chi connectivity index (χ2v) is 6.19. The van der Waals surface area contributed by atoms with Crippen LogP contribution in [0.25, 0.3) is 0 Å². The average molecular weight is 301 g/mol. The molecule has 0 aliphatic carbocycles. The number of rotatable bonds is 4. The zero-order valence-electron chi connectivity index (χ0n) is 11.8. The molecule has 21 heavy (non-hydrogen) atoms. The van der Waals surface area contributed by atoms with E-state index in [0.29, 0.717) is 0 Å². The summed E-state index contributed by atoms with van der Waals surface area (Å²) in [6.07, 6.45) is 3.80. The Balaban J connectivity index is 1.78. The van der Waals surface area contributed by atoms with Gasteiger partial charge in [-0.1, -0.05) is 30.3 Å². The van der Waals surface area contributed by atoms with Crippen molar-refractivity contribution in [3.05, 3.63) is 52.5 Å². The fourth-order valence-corrected chi connectivity index (χ4v) is 3.36. The largest absolute Gasteiger partial charge is 0.342 e. The summed E-state index contributed by atoms with van der Waals surface area (Å²) in [7, 11) is 0. The van der Waals surface area contributed by atoms with E-state index < -0.39 is 0 Å². The van der Waals surface area contributed by atoms with E-state index in [4.69, 9.17) is 0 Å². The molecule has 2 aromatic rings. The van der Waals surface area contributed by atoms with Gasteiger partial charge in [-0.2, -0.15) is 0 Å². The highest BCUT2D eigenvalue weighted by Crippen LogP contribution is 2.24. The quantitative estimate of drug-likeness (QED) is 0.911. The van der Waals surface area contributed by atoms with E-state index in [-0.39, 0.29) is 17.9 Å². The Bertz CT molecular complexity index is 564. The summed E-state index contributed by atoms with van der Waals surface area (Å²) in [5.74, 6) is 0.177. The van der Waals surface area contributed by atoms with Gasteiger partial charge in [0.15, 0.2) is 0 Å². The zero-order chi connectivity index (χ0) is 14.5. The Morgan fingerprint density at radius 1 is 1.38 bits per heavy atom. The van der Waals surface area contributed by atoms with Gasteiger partial charge in [-0.15, -0.1) is 11.3 Å². The van der Waals surface area contributed by atoms with Crippen molar-refractivity contribution < 1.29 is 4.79 Å². The van der Waals surface area contributed by atoms with Gasteiger partial charge >= 0.3 is 0 Å². The van der Waals surface area contributed by atoms with Crippen molar-refractivity contribution >= 4 is 17.2 Å². The summed E-state index contributed by atoms with van der Waals surface area (Å²) in [5, 5.41) is 9.34. The maximum atomic E-state index is 12.5. The highest BCUT2D eigenvalue weighted by molar-refractivity contribution is 7.09. The molecule has 2 N–H and O–H groups in total. The number of amides is 1. The van der Waals surface area contributed by atoms with Crippen molar-refractivity contribution in [1.82, 2.24) is 15.6 Å². The van der Waals surface area contributed by atoms with Crippen LogP contribution in [-0.2, 0) is 4.79 Å². The molecule has 0 saturated carbocycles. The monoisotopic (exact) mass is 301 g/mol. The molecule has 2 atom stereocenters. The number of benzene rings is 1. The van der Waals surface area contributed by atoms with Gasteiger partial charge < -0.3 is 10.6 Å². The smallest absolute Gasteiger partial charge is 0.225 e. The molecule has 4 nitrogen and oxygen atoms in total. The van der Waals surface area contributed by atoms with E-state index in [2.05, 4.69) is 15.6 Å². The maximum Gasteiger partial charge on any atom is 0.225 e. The Morgan fingerprint density at radius 2 is 2.24 bits per heavy atom. The molecule has 1 aromatic carbocycles. The molecule has 2 unspecified atom stereocenters. The van der Waals surface area contributed by atoms with Crippen LogP contribution in [-0.4, -0.2) is 24.0 Å². The minimum Gasteiger partial charge on any atom is -0.342 e. The fourth-order valence-electron chi connectivity index (χ4n) is 2.65. The lowest BCUT2D eigenvalue weighted by Crippen LogP contribution is -2.42. The fraction of sp³-hybridized carbons (Fsp3) is 0.375.